The van der Waals surface area contributed by atoms with Crippen molar-refractivity contribution in [1.82, 2.24) is 4.98 Å². The van der Waals surface area contributed by atoms with E-state index in [1.165, 1.54) is 6.92 Å². The fourth-order valence-corrected chi connectivity index (χ4v) is 2.48. The van der Waals surface area contributed by atoms with Gasteiger partial charge < -0.3 is 13.6 Å². The van der Waals surface area contributed by atoms with Crippen LogP contribution in [0, 0.1) is 6.92 Å². The number of esters is 1. The summed E-state index contributed by atoms with van der Waals surface area (Å²) >= 11 is 0. The molecule has 0 saturated carbocycles. The molecule has 0 aliphatic rings. The molecular formula is C17H16N2O5. The van der Waals surface area contributed by atoms with Crippen LogP contribution in [0.15, 0.2) is 33.1 Å². The van der Waals surface area contributed by atoms with Crippen molar-refractivity contribution in [2.45, 2.75) is 20.8 Å². The lowest BCUT2D eigenvalue weighted by Gasteiger charge is -2.04. The molecule has 24 heavy (non-hydrogen) atoms. The molecule has 1 N–H and O–H groups in total. The molecule has 7 heteroatoms. The zero-order valence-electron chi connectivity index (χ0n) is 13.5. The largest absolute Gasteiger partial charge is 0.462 e. The quantitative estimate of drug-likeness (QED) is 0.561. The van der Waals surface area contributed by atoms with Gasteiger partial charge in [-0.1, -0.05) is 12.1 Å². The van der Waals surface area contributed by atoms with E-state index in [-0.39, 0.29) is 35.4 Å². The van der Waals surface area contributed by atoms with Crippen molar-refractivity contribution >= 4 is 34.8 Å². The summed E-state index contributed by atoms with van der Waals surface area (Å²) in [5, 5.41) is 2.82. The summed E-state index contributed by atoms with van der Waals surface area (Å²) in [4.78, 5) is 28.4. The van der Waals surface area contributed by atoms with Gasteiger partial charge >= 0.3 is 12.0 Å². The lowest BCUT2D eigenvalue weighted by Crippen LogP contribution is -2.11. The second-order valence-corrected chi connectivity index (χ2v) is 5.13. The SMILES string of the molecule is CCOC(=O)c1c(Nc2nc3ccccc3o2)oc(C)c1C(C)=O. The second kappa shape index (κ2) is 6.19. The fraction of sp³-hybridized carbons (Fsp3) is 0.235. The van der Waals surface area contributed by atoms with Crippen LogP contribution in [0.1, 0.15) is 40.3 Å². The van der Waals surface area contributed by atoms with Crippen LogP contribution in [0.5, 0.6) is 0 Å². The maximum absolute atomic E-state index is 12.2. The van der Waals surface area contributed by atoms with Crippen LogP contribution in [0.2, 0.25) is 0 Å². The number of fused-ring (bicyclic) bond motifs is 1. The van der Waals surface area contributed by atoms with Gasteiger partial charge in [-0.3, -0.25) is 10.1 Å². The van der Waals surface area contributed by atoms with Gasteiger partial charge in [0.05, 0.1) is 12.2 Å². The van der Waals surface area contributed by atoms with Crippen molar-refractivity contribution in [3.63, 3.8) is 0 Å². The number of carbonyl (C=O) groups is 2. The van der Waals surface area contributed by atoms with Gasteiger partial charge in [-0.25, -0.2) is 4.79 Å². The van der Waals surface area contributed by atoms with E-state index in [4.69, 9.17) is 13.6 Å². The number of para-hydroxylation sites is 2. The topological polar surface area (TPSA) is 94.6 Å². The predicted molar refractivity (Wildman–Crippen MR) is 86.7 cm³/mol. The van der Waals surface area contributed by atoms with Crippen LogP contribution in [-0.4, -0.2) is 23.3 Å². The van der Waals surface area contributed by atoms with Crippen LogP contribution in [0.4, 0.5) is 11.9 Å². The van der Waals surface area contributed by atoms with Crippen molar-refractivity contribution < 1.29 is 23.2 Å². The number of aryl methyl sites for hydroxylation is 1. The van der Waals surface area contributed by atoms with Gasteiger partial charge in [0, 0.05) is 0 Å². The third kappa shape index (κ3) is 2.76. The Balaban J connectivity index is 2.04. The minimum absolute atomic E-state index is 0.0455. The van der Waals surface area contributed by atoms with Crippen LogP contribution in [-0.2, 0) is 4.74 Å². The number of nitrogens with zero attached hydrogens (tertiary/aromatic N) is 1. The number of aromatic nitrogens is 1. The zero-order valence-corrected chi connectivity index (χ0v) is 13.5. The molecule has 0 amide bonds. The molecule has 0 atom stereocenters. The number of Topliss-reactive ketones (excluding diaryl/α,β-unsaturated/α-hetero) is 1. The fourth-order valence-electron chi connectivity index (χ4n) is 2.48. The number of ether oxygens (including phenoxy) is 1. The molecule has 7 nitrogen and oxygen atoms in total. The van der Waals surface area contributed by atoms with Gasteiger partial charge in [0.1, 0.15) is 16.8 Å². The zero-order chi connectivity index (χ0) is 17.3. The minimum Gasteiger partial charge on any atom is -0.462 e. The number of hydrogen-bond acceptors (Lipinski definition) is 7. The molecule has 3 rings (SSSR count). The Morgan fingerprint density at radius 2 is 1.96 bits per heavy atom. The van der Waals surface area contributed by atoms with Crippen molar-refractivity contribution in [3.05, 3.63) is 41.2 Å². The summed E-state index contributed by atoms with van der Waals surface area (Å²) in [6.45, 7) is 4.84. The average Bonchev–Trinajstić information content (AvgIpc) is 3.07. The molecule has 1 aromatic carbocycles. The Labute approximate surface area is 137 Å². The van der Waals surface area contributed by atoms with Gasteiger partial charge in [-0.2, -0.15) is 4.98 Å². The molecule has 0 spiro atoms. The van der Waals surface area contributed by atoms with E-state index >= 15 is 0 Å². The van der Waals surface area contributed by atoms with Crippen molar-refractivity contribution in [3.8, 4) is 0 Å². The summed E-state index contributed by atoms with van der Waals surface area (Å²) in [6.07, 6.45) is 0. The average molecular weight is 328 g/mol. The number of anilines is 2. The molecule has 0 aliphatic heterocycles. The lowest BCUT2D eigenvalue weighted by atomic mass is 10.1. The Kier molecular flexibility index (Phi) is 4.07. The molecular weight excluding hydrogens is 312 g/mol. The van der Waals surface area contributed by atoms with Gasteiger partial charge in [-0.15, -0.1) is 0 Å². The number of furan rings is 1. The monoisotopic (exact) mass is 328 g/mol. The summed E-state index contributed by atoms with van der Waals surface area (Å²) in [5.41, 5.74) is 1.48. The normalized spacial score (nSPS) is 10.8. The van der Waals surface area contributed by atoms with Gasteiger partial charge in [-0.05, 0) is 32.9 Å². The highest BCUT2D eigenvalue weighted by Gasteiger charge is 2.28. The number of nitrogens with one attached hydrogen (secondary N) is 1. The molecule has 0 saturated heterocycles. The third-order valence-corrected chi connectivity index (χ3v) is 3.43. The minimum atomic E-state index is -0.641. The number of hydrogen-bond donors (Lipinski definition) is 1. The standard InChI is InChI=1S/C17H16N2O5/c1-4-22-16(21)14-13(9(2)20)10(3)23-15(14)19-17-18-11-7-5-6-8-12(11)24-17/h5-8H,4H2,1-3H3,(H,18,19). The predicted octanol–water partition coefficient (Wildman–Crippen LogP) is 3.85. The number of carbonyl (C=O) groups excluding carboxylic acids is 2. The van der Waals surface area contributed by atoms with Crippen LogP contribution in [0.3, 0.4) is 0 Å². The second-order valence-electron chi connectivity index (χ2n) is 5.13. The van der Waals surface area contributed by atoms with Crippen LogP contribution in [0.25, 0.3) is 11.1 Å². The Hall–Kier alpha value is -3.09. The smallest absolute Gasteiger partial charge is 0.344 e. The van der Waals surface area contributed by atoms with E-state index in [1.54, 1.807) is 26.0 Å². The molecule has 2 aromatic heterocycles. The molecule has 0 radical (unpaired) electrons. The third-order valence-electron chi connectivity index (χ3n) is 3.43. The summed E-state index contributed by atoms with van der Waals surface area (Å²) in [6, 6.07) is 7.39. The van der Waals surface area contributed by atoms with Crippen molar-refractivity contribution in [1.29, 1.82) is 0 Å². The molecule has 0 unspecified atom stereocenters. The summed E-state index contributed by atoms with van der Waals surface area (Å²) in [7, 11) is 0. The lowest BCUT2D eigenvalue weighted by molar-refractivity contribution is 0.0524. The van der Waals surface area contributed by atoms with Crippen LogP contribution >= 0.6 is 0 Å². The number of ketones is 1. The molecule has 0 fully saturated rings. The van der Waals surface area contributed by atoms with Gasteiger partial charge in [0.15, 0.2) is 11.4 Å². The number of benzene rings is 1. The van der Waals surface area contributed by atoms with E-state index in [9.17, 15) is 9.59 Å². The van der Waals surface area contributed by atoms with E-state index < -0.39 is 5.97 Å². The molecule has 3 aromatic rings. The van der Waals surface area contributed by atoms with Gasteiger partial charge in [0.25, 0.3) is 0 Å². The summed E-state index contributed by atoms with van der Waals surface area (Å²) in [5.74, 6) is -0.532. The maximum Gasteiger partial charge on any atom is 0.344 e. The van der Waals surface area contributed by atoms with Crippen molar-refractivity contribution in [2.24, 2.45) is 0 Å². The molecule has 0 bridgehead atoms. The first-order valence-electron chi connectivity index (χ1n) is 7.45. The Morgan fingerprint density at radius 1 is 1.21 bits per heavy atom. The van der Waals surface area contributed by atoms with Gasteiger partial charge in [0.2, 0.25) is 5.88 Å². The van der Waals surface area contributed by atoms with Crippen molar-refractivity contribution in [2.75, 3.05) is 11.9 Å². The highest BCUT2D eigenvalue weighted by molar-refractivity contribution is 6.09. The Morgan fingerprint density at radius 3 is 2.62 bits per heavy atom. The molecule has 0 aliphatic carbocycles. The Bertz CT molecular complexity index is 889. The first-order chi connectivity index (χ1) is 11.5. The van der Waals surface area contributed by atoms with E-state index in [1.807, 2.05) is 12.1 Å². The molecule has 2 heterocycles. The highest BCUT2D eigenvalue weighted by atomic mass is 16.5. The highest BCUT2D eigenvalue weighted by Crippen LogP contribution is 2.31. The first-order valence-corrected chi connectivity index (χ1v) is 7.45. The van der Waals surface area contributed by atoms with Crippen LogP contribution < -0.4 is 5.32 Å². The first kappa shape index (κ1) is 15.8. The molecule has 124 valence electrons. The van der Waals surface area contributed by atoms with E-state index in [0.29, 0.717) is 16.9 Å². The number of rotatable bonds is 5. The van der Waals surface area contributed by atoms with E-state index in [2.05, 4.69) is 10.3 Å². The van der Waals surface area contributed by atoms with E-state index in [0.717, 1.165) is 0 Å². The summed E-state index contributed by atoms with van der Waals surface area (Å²) < 4.78 is 16.1. The maximum atomic E-state index is 12.2. The number of oxazole rings is 1.